The first-order chi connectivity index (χ1) is 16.7. The molecule has 0 radical (unpaired) electrons. The zero-order chi connectivity index (χ0) is 25.2. The highest BCUT2D eigenvalue weighted by molar-refractivity contribution is 5.97. The van der Waals surface area contributed by atoms with Gasteiger partial charge in [0.15, 0.2) is 11.3 Å². The van der Waals surface area contributed by atoms with Gasteiger partial charge in [-0.2, -0.15) is 0 Å². The number of halogens is 3. The summed E-state index contributed by atoms with van der Waals surface area (Å²) in [7, 11) is 0. The van der Waals surface area contributed by atoms with Gasteiger partial charge in [0.05, 0.1) is 23.5 Å². The molecule has 7 nitrogen and oxygen atoms in total. The minimum absolute atomic E-state index is 0.0243. The zero-order valence-corrected chi connectivity index (χ0v) is 18.8. The van der Waals surface area contributed by atoms with Crippen molar-refractivity contribution in [2.75, 3.05) is 0 Å². The van der Waals surface area contributed by atoms with Crippen molar-refractivity contribution in [3.05, 3.63) is 84.1 Å². The number of aromatic nitrogens is 3. The van der Waals surface area contributed by atoms with Crippen molar-refractivity contribution in [3.8, 4) is 17.0 Å². The Balaban J connectivity index is 1.60. The van der Waals surface area contributed by atoms with Crippen molar-refractivity contribution >= 4 is 17.3 Å². The summed E-state index contributed by atoms with van der Waals surface area (Å²) in [6.45, 7) is 3.48. The van der Waals surface area contributed by atoms with Gasteiger partial charge in [0.25, 0.3) is 5.91 Å². The number of imidazole rings is 1. The number of fused-ring (bicyclic) bond motifs is 1. The van der Waals surface area contributed by atoms with E-state index in [1.54, 1.807) is 54.8 Å². The topological polar surface area (TPSA) is 85.6 Å². The summed E-state index contributed by atoms with van der Waals surface area (Å²) in [4.78, 5) is 34.1. The molecule has 1 atom stereocenters. The van der Waals surface area contributed by atoms with Crippen LogP contribution in [0.25, 0.3) is 16.9 Å². The molecule has 0 bridgehead atoms. The highest BCUT2D eigenvalue weighted by Gasteiger charge is 2.31. The van der Waals surface area contributed by atoms with Crippen LogP contribution in [0.2, 0.25) is 0 Å². The molecule has 3 aromatic rings. The summed E-state index contributed by atoms with van der Waals surface area (Å²) < 4.78 is 42.8. The van der Waals surface area contributed by atoms with Crippen molar-refractivity contribution in [1.82, 2.24) is 19.7 Å². The molecule has 180 valence electrons. The number of nitrogens with zero attached hydrogens (tertiary/aromatic N) is 3. The van der Waals surface area contributed by atoms with Crippen LogP contribution in [0.5, 0.6) is 5.75 Å². The molecule has 10 heteroatoms. The maximum atomic E-state index is 13.1. The van der Waals surface area contributed by atoms with Crippen LogP contribution in [0.4, 0.5) is 13.2 Å². The molecule has 1 aromatic carbocycles. The van der Waals surface area contributed by atoms with Crippen molar-refractivity contribution in [1.29, 1.82) is 0 Å². The van der Waals surface area contributed by atoms with Crippen molar-refractivity contribution < 1.29 is 27.5 Å². The smallest absolute Gasteiger partial charge is 0.406 e. The van der Waals surface area contributed by atoms with Crippen LogP contribution in [-0.4, -0.2) is 32.4 Å². The zero-order valence-electron chi connectivity index (χ0n) is 18.8. The van der Waals surface area contributed by atoms with Gasteiger partial charge < -0.3 is 14.5 Å². The van der Waals surface area contributed by atoms with Crippen LogP contribution in [0.1, 0.15) is 29.5 Å². The Bertz CT molecular complexity index is 1370. The van der Waals surface area contributed by atoms with Crippen LogP contribution in [0.15, 0.2) is 72.7 Å². The van der Waals surface area contributed by atoms with E-state index in [2.05, 4.69) is 20.0 Å². The molecule has 0 spiro atoms. The summed E-state index contributed by atoms with van der Waals surface area (Å²) in [5.74, 6) is -1.39. The Kier molecular flexibility index (Phi) is 6.54. The molecule has 1 unspecified atom stereocenters. The second kappa shape index (κ2) is 9.57. The van der Waals surface area contributed by atoms with E-state index in [-0.39, 0.29) is 17.2 Å². The number of hydrogen-bond acceptors (Lipinski definition) is 5. The highest BCUT2D eigenvalue weighted by Crippen LogP contribution is 2.26. The fourth-order valence-electron chi connectivity index (χ4n) is 3.68. The predicted octanol–water partition coefficient (Wildman–Crippen LogP) is 4.94. The Labute approximate surface area is 198 Å². The van der Waals surface area contributed by atoms with Gasteiger partial charge in [0.1, 0.15) is 11.5 Å². The van der Waals surface area contributed by atoms with Gasteiger partial charge in [-0.15, -0.1) is 13.2 Å². The van der Waals surface area contributed by atoms with E-state index in [0.717, 1.165) is 0 Å². The van der Waals surface area contributed by atoms with E-state index in [4.69, 9.17) is 0 Å². The number of benzene rings is 1. The number of alkyl halides is 3. The van der Waals surface area contributed by atoms with E-state index in [0.29, 0.717) is 34.7 Å². The van der Waals surface area contributed by atoms with E-state index < -0.39 is 18.2 Å². The van der Waals surface area contributed by atoms with Gasteiger partial charge in [0, 0.05) is 23.9 Å². The summed E-state index contributed by atoms with van der Waals surface area (Å²) in [5, 5.41) is 2.81. The molecule has 1 N–H and O–H groups in total. The van der Waals surface area contributed by atoms with Crippen LogP contribution in [-0.2, 0) is 4.79 Å². The maximum absolute atomic E-state index is 13.1. The lowest BCUT2D eigenvalue weighted by Gasteiger charge is -2.15. The summed E-state index contributed by atoms with van der Waals surface area (Å²) >= 11 is 0. The number of rotatable bonds is 6. The summed E-state index contributed by atoms with van der Waals surface area (Å²) in [6.07, 6.45) is 7.38. The minimum atomic E-state index is -4.77. The number of hydrogen-bond donors (Lipinski definition) is 1. The summed E-state index contributed by atoms with van der Waals surface area (Å²) in [5.41, 5.74) is 2.62. The number of carbonyl (C=O) groups excluding carboxylic acids is 2. The minimum Gasteiger partial charge on any atom is -0.406 e. The largest absolute Gasteiger partial charge is 0.573 e. The molecule has 1 aliphatic carbocycles. The number of carbonyl (C=O) groups is 2. The molecule has 0 fully saturated rings. The average Bonchev–Trinajstić information content (AvgIpc) is 2.99. The number of aryl methyl sites for hydroxylation is 1. The number of allylic oxidation sites excluding steroid dienone is 5. The van der Waals surface area contributed by atoms with Crippen LogP contribution in [0, 0.1) is 12.8 Å². The van der Waals surface area contributed by atoms with Crippen LogP contribution < -0.4 is 10.1 Å². The fraction of sp³-hybridized carbons (Fsp3) is 0.200. The molecule has 0 saturated carbocycles. The lowest BCUT2D eigenvalue weighted by atomic mass is 9.97. The first kappa shape index (κ1) is 23.9. The molecule has 1 aliphatic rings. The molecule has 4 rings (SSSR count). The first-order valence-corrected chi connectivity index (χ1v) is 10.8. The van der Waals surface area contributed by atoms with Gasteiger partial charge >= 0.3 is 6.36 Å². The number of amides is 1. The SMILES string of the molecule is CCC(=O)C1C=CC=CC=C1NC(=O)c1nc2cnc(-c3ccc(OC(F)(F)F)cc3)cn2c1C. The first-order valence-electron chi connectivity index (χ1n) is 10.8. The molecule has 2 aromatic heterocycles. The van der Waals surface area contributed by atoms with Gasteiger partial charge in [-0.1, -0.05) is 31.2 Å². The normalized spacial score (nSPS) is 15.6. The Morgan fingerprint density at radius 1 is 1.14 bits per heavy atom. The van der Waals surface area contributed by atoms with Gasteiger partial charge in [-0.05, 0) is 37.3 Å². The van der Waals surface area contributed by atoms with Crippen LogP contribution >= 0.6 is 0 Å². The van der Waals surface area contributed by atoms with E-state index in [1.165, 1.54) is 30.5 Å². The molecular weight excluding hydrogens is 461 g/mol. The Hall–Kier alpha value is -4.21. The third-order valence-electron chi connectivity index (χ3n) is 5.44. The van der Waals surface area contributed by atoms with Gasteiger partial charge in [0.2, 0.25) is 0 Å². The van der Waals surface area contributed by atoms with Crippen molar-refractivity contribution in [2.45, 2.75) is 26.6 Å². The second-order valence-electron chi connectivity index (χ2n) is 7.76. The number of Topliss-reactive ketones (excluding diaryl/α,β-unsaturated/α-hetero) is 1. The van der Waals surface area contributed by atoms with Crippen LogP contribution in [0.3, 0.4) is 0 Å². The lowest BCUT2D eigenvalue weighted by Crippen LogP contribution is -2.30. The monoisotopic (exact) mass is 482 g/mol. The molecule has 0 aliphatic heterocycles. The molecule has 35 heavy (non-hydrogen) atoms. The molecule has 1 amide bonds. The van der Waals surface area contributed by atoms with Gasteiger partial charge in [-0.3, -0.25) is 14.6 Å². The van der Waals surface area contributed by atoms with Crippen molar-refractivity contribution in [2.24, 2.45) is 5.92 Å². The molecular formula is C25H21F3N4O3. The lowest BCUT2D eigenvalue weighted by molar-refractivity contribution is -0.274. The Morgan fingerprint density at radius 3 is 2.57 bits per heavy atom. The summed E-state index contributed by atoms with van der Waals surface area (Å²) in [6, 6.07) is 5.32. The van der Waals surface area contributed by atoms with E-state index in [1.807, 2.05) is 0 Å². The van der Waals surface area contributed by atoms with E-state index in [9.17, 15) is 22.8 Å². The standard InChI is InChI=1S/C25H21F3N4O3/c1-3-21(33)18-7-5-4-6-8-19(18)30-24(34)23-15(2)32-14-20(29-13-22(32)31-23)16-9-11-17(12-10-16)35-25(26,27)28/h4-14,18H,3H2,1-2H3,(H,30,34). The number of ether oxygens (including phenoxy) is 1. The highest BCUT2D eigenvalue weighted by atomic mass is 19.4. The number of ketones is 1. The van der Waals surface area contributed by atoms with E-state index >= 15 is 0 Å². The quantitative estimate of drug-likeness (QED) is 0.538. The predicted molar refractivity (Wildman–Crippen MR) is 122 cm³/mol. The fourth-order valence-corrected chi connectivity index (χ4v) is 3.68. The Morgan fingerprint density at radius 2 is 1.89 bits per heavy atom. The average molecular weight is 482 g/mol. The number of nitrogens with one attached hydrogen (secondary N) is 1. The third kappa shape index (κ3) is 5.32. The molecule has 2 heterocycles. The van der Waals surface area contributed by atoms with Gasteiger partial charge in [-0.25, -0.2) is 4.98 Å². The third-order valence-corrected chi connectivity index (χ3v) is 5.44. The van der Waals surface area contributed by atoms with Crippen molar-refractivity contribution in [3.63, 3.8) is 0 Å². The molecule has 0 saturated heterocycles. The second-order valence-corrected chi connectivity index (χ2v) is 7.76. The maximum Gasteiger partial charge on any atom is 0.573 e.